The van der Waals surface area contributed by atoms with E-state index in [4.69, 9.17) is 10.00 Å². The minimum Gasteiger partial charge on any atom is -0.493 e. The molecule has 1 aromatic carbocycles. The molecule has 0 saturated carbocycles. The average molecular weight is 171 g/mol. The van der Waals surface area contributed by atoms with Gasteiger partial charge in [0.05, 0.1) is 12.7 Å². The fourth-order valence-electron chi connectivity index (χ4n) is 1.49. The van der Waals surface area contributed by atoms with Crippen LogP contribution in [0, 0.1) is 11.3 Å². The third-order valence-electron chi connectivity index (χ3n) is 2.10. The summed E-state index contributed by atoms with van der Waals surface area (Å²) in [5.41, 5.74) is 2.12. The van der Waals surface area contributed by atoms with Crippen LogP contribution in [-0.4, -0.2) is 6.61 Å². The maximum atomic E-state index is 8.58. The number of rotatable bonds is 0. The Morgan fingerprint density at radius 2 is 2.23 bits per heavy atom. The largest absolute Gasteiger partial charge is 0.493 e. The molecule has 0 N–H and O–H groups in total. The second-order valence-electron chi connectivity index (χ2n) is 2.89. The van der Waals surface area contributed by atoms with Crippen LogP contribution in [0.3, 0.4) is 0 Å². The van der Waals surface area contributed by atoms with Crippen LogP contribution in [0.25, 0.3) is 5.57 Å². The van der Waals surface area contributed by atoms with Gasteiger partial charge >= 0.3 is 0 Å². The molecule has 0 aliphatic carbocycles. The highest BCUT2D eigenvalue weighted by Crippen LogP contribution is 2.31. The highest BCUT2D eigenvalue weighted by molar-refractivity contribution is 5.73. The molecule has 0 spiro atoms. The summed E-state index contributed by atoms with van der Waals surface area (Å²) in [6.45, 7) is 0.671. The van der Waals surface area contributed by atoms with Gasteiger partial charge in [0.2, 0.25) is 0 Å². The first kappa shape index (κ1) is 7.88. The zero-order valence-corrected chi connectivity index (χ0v) is 7.16. The SMILES string of the molecule is N#C/C=C1\CCOc2ccccc21. The van der Waals surface area contributed by atoms with Gasteiger partial charge in [0.25, 0.3) is 0 Å². The van der Waals surface area contributed by atoms with Gasteiger partial charge < -0.3 is 4.74 Å². The second-order valence-corrected chi connectivity index (χ2v) is 2.89. The summed E-state index contributed by atoms with van der Waals surface area (Å²) in [7, 11) is 0. The predicted molar refractivity (Wildman–Crippen MR) is 50.1 cm³/mol. The maximum absolute atomic E-state index is 8.58. The van der Waals surface area contributed by atoms with Crippen LogP contribution in [0.5, 0.6) is 5.75 Å². The second kappa shape index (κ2) is 3.32. The van der Waals surface area contributed by atoms with Gasteiger partial charge in [0.15, 0.2) is 0 Å². The van der Waals surface area contributed by atoms with Crippen molar-refractivity contribution in [1.82, 2.24) is 0 Å². The number of benzene rings is 1. The highest BCUT2D eigenvalue weighted by Gasteiger charge is 2.13. The van der Waals surface area contributed by atoms with Crippen LogP contribution >= 0.6 is 0 Å². The van der Waals surface area contributed by atoms with Crippen molar-refractivity contribution >= 4 is 5.57 Å². The van der Waals surface area contributed by atoms with Crippen LogP contribution in [0.1, 0.15) is 12.0 Å². The predicted octanol–water partition coefficient (Wildman–Crippen LogP) is 2.38. The normalized spacial score (nSPS) is 17.3. The van der Waals surface area contributed by atoms with E-state index >= 15 is 0 Å². The molecule has 1 aliphatic rings. The van der Waals surface area contributed by atoms with Gasteiger partial charge in [0.1, 0.15) is 5.75 Å². The van der Waals surface area contributed by atoms with Gasteiger partial charge in [-0.3, -0.25) is 0 Å². The molecule has 0 atom stereocenters. The molecular weight excluding hydrogens is 162 g/mol. The number of hydrogen-bond donors (Lipinski definition) is 0. The summed E-state index contributed by atoms with van der Waals surface area (Å²) in [6, 6.07) is 9.87. The first-order valence-electron chi connectivity index (χ1n) is 4.22. The summed E-state index contributed by atoms with van der Waals surface area (Å²) in [5, 5.41) is 8.58. The minimum atomic E-state index is 0.671. The van der Waals surface area contributed by atoms with E-state index in [2.05, 4.69) is 6.07 Å². The van der Waals surface area contributed by atoms with E-state index in [1.807, 2.05) is 24.3 Å². The Hall–Kier alpha value is -1.75. The average Bonchev–Trinajstić information content (AvgIpc) is 2.19. The number of nitrogens with zero attached hydrogens (tertiary/aromatic N) is 1. The Labute approximate surface area is 77.1 Å². The van der Waals surface area contributed by atoms with Crippen LogP contribution in [0.15, 0.2) is 30.3 Å². The first-order chi connectivity index (χ1) is 6.42. The molecule has 2 nitrogen and oxygen atoms in total. The number of fused-ring (bicyclic) bond motifs is 1. The standard InChI is InChI=1S/C11H9NO/c12-7-5-9-6-8-13-11-4-2-1-3-10(9)11/h1-5H,6,8H2/b9-5+. The monoisotopic (exact) mass is 171 g/mol. The summed E-state index contributed by atoms with van der Waals surface area (Å²) in [5.74, 6) is 0.884. The molecule has 0 fully saturated rings. The Morgan fingerprint density at radius 3 is 3.08 bits per heavy atom. The number of hydrogen-bond acceptors (Lipinski definition) is 2. The molecule has 0 unspecified atom stereocenters. The highest BCUT2D eigenvalue weighted by atomic mass is 16.5. The molecule has 1 aromatic rings. The number of ether oxygens (including phenoxy) is 1. The molecule has 1 aliphatic heterocycles. The van der Waals surface area contributed by atoms with Crippen LogP contribution in [0.4, 0.5) is 0 Å². The van der Waals surface area contributed by atoms with E-state index in [0.29, 0.717) is 6.61 Å². The van der Waals surface area contributed by atoms with E-state index in [0.717, 1.165) is 23.3 Å². The zero-order chi connectivity index (χ0) is 9.10. The van der Waals surface area contributed by atoms with Crippen molar-refractivity contribution in [3.05, 3.63) is 35.9 Å². The zero-order valence-electron chi connectivity index (χ0n) is 7.16. The lowest BCUT2D eigenvalue weighted by molar-refractivity contribution is 0.316. The summed E-state index contributed by atoms with van der Waals surface area (Å²) < 4.78 is 5.45. The molecule has 64 valence electrons. The summed E-state index contributed by atoms with van der Waals surface area (Å²) in [4.78, 5) is 0. The molecule has 0 aromatic heterocycles. The molecule has 13 heavy (non-hydrogen) atoms. The fraction of sp³-hybridized carbons (Fsp3) is 0.182. The molecule has 0 saturated heterocycles. The number of allylic oxidation sites excluding steroid dienone is 1. The van der Waals surface area contributed by atoms with Crippen molar-refractivity contribution in [2.24, 2.45) is 0 Å². The van der Waals surface area contributed by atoms with Crippen molar-refractivity contribution in [3.8, 4) is 11.8 Å². The lowest BCUT2D eigenvalue weighted by Crippen LogP contribution is -2.07. The maximum Gasteiger partial charge on any atom is 0.126 e. The molecule has 2 heteroatoms. The first-order valence-corrected chi connectivity index (χ1v) is 4.22. The smallest absolute Gasteiger partial charge is 0.126 e. The molecule has 2 rings (SSSR count). The lowest BCUT2D eigenvalue weighted by Gasteiger charge is -2.18. The van der Waals surface area contributed by atoms with Gasteiger partial charge in [0, 0.05) is 18.1 Å². The molecule has 0 radical (unpaired) electrons. The van der Waals surface area contributed by atoms with Gasteiger partial charge in [-0.25, -0.2) is 0 Å². The van der Waals surface area contributed by atoms with E-state index in [9.17, 15) is 0 Å². The number of para-hydroxylation sites is 1. The molecule has 1 heterocycles. The third-order valence-corrected chi connectivity index (χ3v) is 2.10. The van der Waals surface area contributed by atoms with Gasteiger partial charge in [-0.15, -0.1) is 0 Å². The number of nitriles is 1. The van der Waals surface area contributed by atoms with Crippen molar-refractivity contribution in [2.75, 3.05) is 6.61 Å². The third kappa shape index (κ3) is 1.41. The van der Waals surface area contributed by atoms with Crippen LogP contribution < -0.4 is 4.74 Å². The lowest BCUT2D eigenvalue weighted by atomic mass is 10.00. The van der Waals surface area contributed by atoms with Crippen LogP contribution in [-0.2, 0) is 0 Å². The Bertz CT molecular complexity index is 387. The van der Waals surface area contributed by atoms with Gasteiger partial charge in [-0.2, -0.15) is 5.26 Å². The minimum absolute atomic E-state index is 0.671. The van der Waals surface area contributed by atoms with Crippen molar-refractivity contribution in [2.45, 2.75) is 6.42 Å². The molecular formula is C11H9NO. The fourth-order valence-corrected chi connectivity index (χ4v) is 1.49. The van der Waals surface area contributed by atoms with E-state index in [1.54, 1.807) is 6.08 Å². The van der Waals surface area contributed by atoms with Crippen LogP contribution in [0.2, 0.25) is 0 Å². The van der Waals surface area contributed by atoms with E-state index in [-0.39, 0.29) is 0 Å². The quantitative estimate of drug-likeness (QED) is 0.561. The van der Waals surface area contributed by atoms with Gasteiger partial charge in [-0.1, -0.05) is 18.2 Å². The Morgan fingerprint density at radius 1 is 1.38 bits per heavy atom. The topological polar surface area (TPSA) is 33.0 Å². The van der Waals surface area contributed by atoms with Gasteiger partial charge in [-0.05, 0) is 11.6 Å². The Kier molecular flexibility index (Phi) is 2.01. The van der Waals surface area contributed by atoms with Crippen molar-refractivity contribution < 1.29 is 4.74 Å². The molecule has 0 amide bonds. The molecule has 0 bridgehead atoms. The van der Waals surface area contributed by atoms with Crippen molar-refractivity contribution in [1.29, 1.82) is 5.26 Å². The van der Waals surface area contributed by atoms with E-state index in [1.165, 1.54) is 0 Å². The Balaban J connectivity index is 2.50. The van der Waals surface area contributed by atoms with Crippen molar-refractivity contribution in [3.63, 3.8) is 0 Å². The van der Waals surface area contributed by atoms with E-state index < -0.39 is 0 Å². The summed E-state index contributed by atoms with van der Waals surface area (Å²) in [6.07, 6.45) is 2.42. The summed E-state index contributed by atoms with van der Waals surface area (Å²) >= 11 is 0.